The monoisotopic (exact) mass is 394 g/mol. The SMILES string of the molecule is COc1ccc(NC(=O)N2CC[C@]3(C2)CN(c2ccccc2)C(=O)CN3C)cc1. The molecular weight excluding hydrogens is 368 g/mol. The van der Waals surface area contributed by atoms with E-state index in [2.05, 4.69) is 10.2 Å². The van der Waals surface area contributed by atoms with E-state index < -0.39 is 0 Å². The van der Waals surface area contributed by atoms with Gasteiger partial charge in [0, 0.05) is 31.0 Å². The molecule has 152 valence electrons. The number of urea groups is 1. The van der Waals surface area contributed by atoms with Gasteiger partial charge in [-0.25, -0.2) is 4.79 Å². The molecule has 1 atom stereocenters. The molecule has 0 bridgehead atoms. The number of carbonyl (C=O) groups excluding carboxylic acids is 2. The summed E-state index contributed by atoms with van der Waals surface area (Å²) >= 11 is 0. The molecule has 3 amide bonds. The van der Waals surface area contributed by atoms with Gasteiger partial charge in [-0.2, -0.15) is 0 Å². The third-order valence-electron chi connectivity index (χ3n) is 5.96. The Bertz CT molecular complexity index is 887. The third kappa shape index (κ3) is 3.78. The number of nitrogens with one attached hydrogen (secondary N) is 1. The van der Waals surface area contributed by atoms with Crippen LogP contribution >= 0.6 is 0 Å². The van der Waals surface area contributed by atoms with Crippen LogP contribution in [0, 0.1) is 0 Å². The van der Waals surface area contributed by atoms with Crippen LogP contribution in [0.4, 0.5) is 16.2 Å². The Morgan fingerprint density at radius 1 is 1.07 bits per heavy atom. The molecule has 4 rings (SSSR count). The van der Waals surface area contributed by atoms with Gasteiger partial charge >= 0.3 is 6.03 Å². The third-order valence-corrected chi connectivity index (χ3v) is 5.96. The number of ether oxygens (including phenoxy) is 1. The van der Waals surface area contributed by atoms with E-state index in [9.17, 15) is 9.59 Å². The number of amides is 3. The molecule has 0 unspecified atom stereocenters. The van der Waals surface area contributed by atoms with E-state index in [0.717, 1.165) is 23.5 Å². The first-order valence-corrected chi connectivity index (χ1v) is 9.77. The highest BCUT2D eigenvalue weighted by atomic mass is 16.5. The van der Waals surface area contributed by atoms with Crippen LogP contribution in [0.15, 0.2) is 54.6 Å². The predicted molar refractivity (Wildman–Crippen MR) is 112 cm³/mol. The minimum atomic E-state index is -0.235. The molecule has 0 aliphatic carbocycles. The highest BCUT2D eigenvalue weighted by Gasteiger charge is 2.48. The summed E-state index contributed by atoms with van der Waals surface area (Å²) in [4.78, 5) is 31.2. The van der Waals surface area contributed by atoms with Crippen molar-refractivity contribution in [2.75, 3.05) is 50.6 Å². The fourth-order valence-corrected chi connectivity index (χ4v) is 4.15. The Labute approximate surface area is 170 Å². The lowest BCUT2D eigenvalue weighted by Crippen LogP contribution is -2.64. The lowest BCUT2D eigenvalue weighted by molar-refractivity contribution is -0.123. The number of methoxy groups -OCH3 is 1. The second kappa shape index (κ2) is 7.75. The molecule has 2 aromatic carbocycles. The molecule has 2 aromatic rings. The normalized spacial score (nSPS) is 22.2. The summed E-state index contributed by atoms with van der Waals surface area (Å²) in [6, 6.07) is 16.9. The van der Waals surface area contributed by atoms with Gasteiger partial charge in [0.2, 0.25) is 5.91 Å². The molecule has 2 fully saturated rings. The molecule has 7 heteroatoms. The van der Waals surface area contributed by atoms with Crippen molar-refractivity contribution in [2.45, 2.75) is 12.0 Å². The van der Waals surface area contributed by atoms with Gasteiger partial charge in [-0.15, -0.1) is 0 Å². The Morgan fingerprint density at radius 3 is 2.48 bits per heavy atom. The van der Waals surface area contributed by atoms with Crippen LogP contribution in [0.1, 0.15) is 6.42 Å². The van der Waals surface area contributed by atoms with E-state index in [1.807, 2.05) is 71.4 Å². The number of likely N-dealkylation sites (tertiary alicyclic amines) is 1. The van der Waals surface area contributed by atoms with Gasteiger partial charge in [-0.05, 0) is 49.9 Å². The highest BCUT2D eigenvalue weighted by molar-refractivity contribution is 5.96. The summed E-state index contributed by atoms with van der Waals surface area (Å²) in [7, 11) is 3.59. The van der Waals surface area contributed by atoms with E-state index in [1.54, 1.807) is 7.11 Å². The molecule has 0 radical (unpaired) electrons. The maximum absolute atomic E-state index is 12.8. The summed E-state index contributed by atoms with van der Waals surface area (Å²) in [5, 5.41) is 2.96. The van der Waals surface area contributed by atoms with Gasteiger partial charge in [0.15, 0.2) is 0 Å². The Kier molecular flexibility index (Phi) is 5.15. The molecule has 1 spiro atoms. The first kappa shape index (κ1) is 19.3. The number of likely N-dealkylation sites (N-methyl/N-ethyl adjacent to an activating group) is 1. The highest BCUT2D eigenvalue weighted by Crippen LogP contribution is 2.33. The zero-order chi connectivity index (χ0) is 20.4. The Morgan fingerprint density at radius 2 is 1.79 bits per heavy atom. The summed E-state index contributed by atoms with van der Waals surface area (Å²) in [6.45, 7) is 2.17. The summed E-state index contributed by atoms with van der Waals surface area (Å²) in [5.74, 6) is 0.836. The maximum Gasteiger partial charge on any atom is 0.321 e. The molecule has 1 N–H and O–H groups in total. The van der Waals surface area contributed by atoms with Gasteiger partial charge in [0.05, 0.1) is 19.2 Å². The smallest absolute Gasteiger partial charge is 0.321 e. The van der Waals surface area contributed by atoms with Crippen molar-refractivity contribution in [3.63, 3.8) is 0 Å². The quantitative estimate of drug-likeness (QED) is 0.869. The molecule has 2 saturated heterocycles. The molecule has 7 nitrogen and oxygen atoms in total. The van der Waals surface area contributed by atoms with E-state index in [4.69, 9.17) is 4.74 Å². The van der Waals surface area contributed by atoms with Crippen molar-refractivity contribution in [3.8, 4) is 5.75 Å². The first-order chi connectivity index (χ1) is 14.0. The van der Waals surface area contributed by atoms with Crippen LogP contribution in [0.2, 0.25) is 0 Å². The maximum atomic E-state index is 12.8. The van der Waals surface area contributed by atoms with E-state index in [0.29, 0.717) is 26.2 Å². The molecular formula is C22H26N4O3. The number of hydrogen-bond donors (Lipinski definition) is 1. The number of hydrogen-bond acceptors (Lipinski definition) is 4. The molecule has 0 saturated carbocycles. The largest absolute Gasteiger partial charge is 0.497 e. The summed E-state index contributed by atoms with van der Waals surface area (Å²) in [6.07, 6.45) is 0.830. The van der Waals surface area contributed by atoms with Crippen molar-refractivity contribution >= 4 is 23.3 Å². The van der Waals surface area contributed by atoms with Crippen molar-refractivity contribution in [2.24, 2.45) is 0 Å². The molecule has 2 heterocycles. The number of nitrogens with zero attached hydrogens (tertiary/aromatic N) is 3. The van der Waals surface area contributed by atoms with Crippen LogP contribution in [0.25, 0.3) is 0 Å². The van der Waals surface area contributed by atoms with Gasteiger partial charge in [0.1, 0.15) is 5.75 Å². The average molecular weight is 394 g/mol. The predicted octanol–water partition coefficient (Wildman–Crippen LogP) is 2.65. The van der Waals surface area contributed by atoms with Crippen molar-refractivity contribution in [3.05, 3.63) is 54.6 Å². The minimum Gasteiger partial charge on any atom is -0.497 e. The number of para-hydroxylation sites is 1. The number of carbonyl (C=O) groups is 2. The van der Waals surface area contributed by atoms with Gasteiger partial charge in [-0.1, -0.05) is 18.2 Å². The summed E-state index contributed by atoms with van der Waals surface area (Å²) < 4.78 is 5.16. The van der Waals surface area contributed by atoms with E-state index in [-0.39, 0.29) is 17.5 Å². The van der Waals surface area contributed by atoms with Gasteiger partial charge in [-0.3, -0.25) is 9.69 Å². The van der Waals surface area contributed by atoms with Crippen LogP contribution in [0.3, 0.4) is 0 Å². The summed E-state index contributed by atoms with van der Waals surface area (Å²) in [5.41, 5.74) is 1.40. The Hall–Kier alpha value is -3.06. The second-order valence-corrected chi connectivity index (χ2v) is 7.73. The fraction of sp³-hybridized carbons (Fsp3) is 0.364. The average Bonchev–Trinajstić information content (AvgIpc) is 3.18. The fourth-order valence-electron chi connectivity index (χ4n) is 4.15. The van der Waals surface area contributed by atoms with Crippen LogP contribution < -0.4 is 15.0 Å². The van der Waals surface area contributed by atoms with Crippen molar-refractivity contribution < 1.29 is 14.3 Å². The van der Waals surface area contributed by atoms with Crippen LogP contribution in [0.5, 0.6) is 5.75 Å². The first-order valence-electron chi connectivity index (χ1n) is 9.77. The van der Waals surface area contributed by atoms with E-state index in [1.165, 1.54) is 0 Å². The van der Waals surface area contributed by atoms with Crippen LogP contribution in [-0.4, -0.2) is 67.6 Å². The lowest BCUT2D eigenvalue weighted by Gasteiger charge is -2.46. The molecule has 29 heavy (non-hydrogen) atoms. The second-order valence-electron chi connectivity index (χ2n) is 7.73. The number of anilines is 2. The topological polar surface area (TPSA) is 65.1 Å². The van der Waals surface area contributed by atoms with Crippen molar-refractivity contribution in [1.29, 1.82) is 0 Å². The molecule has 0 aromatic heterocycles. The molecule has 2 aliphatic rings. The Balaban J connectivity index is 1.46. The lowest BCUT2D eigenvalue weighted by atomic mass is 9.92. The van der Waals surface area contributed by atoms with E-state index >= 15 is 0 Å². The zero-order valence-electron chi connectivity index (χ0n) is 16.8. The van der Waals surface area contributed by atoms with Gasteiger partial charge in [0.25, 0.3) is 0 Å². The van der Waals surface area contributed by atoms with Crippen molar-refractivity contribution in [1.82, 2.24) is 9.80 Å². The zero-order valence-corrected chi connectivity index (χ0v) is 16.8. The van der Waals surface area contributed by atoms with Gasteiger partial charge < -0.3 is 19.9 Å². The number of piperazine rings is 1. The van der Waals surface area contributed by atoms with Crippen LogP contribution in [-0.2, 0) is 4.79 Å². The minimum absolute atomic E-state index is 0.0884. The molecule has 2 aliphatic heterocycles. The number of benzene rings is 2. The number of rotatable bonds is 3. The standard InChI is InChI=1S/C22H26N4O3/c1-24-14-20(27)26(18-6-4-3-5-7-18)16-22(24)12-13-25(15-22)21(28)23-17-8-10-19(29-2)11-9-17/h3-11H,12-16H2,1-2H3,(H,23,28)/t22-/m0/s1.